The van der Waals surface area contributed by atoms with Crippen LogP contribution in [-0.4, -0.2) is 150 Å². The van der Waals surface area contributed by atoms with Crippen molar-refractivity contribution in [2.24, 2.45) is 0 Å². The summed E-state index contributed by atoms with van der Waals surface area (Å²) in [6.07, 6.45) is 0. The summed E-state index contributed by atoms with van der Waals surface area (Å²) in [5.41, 5.74) is 13.1. The van der Waals surface area contributed by atoms with Gasteiger partial charge in [0.05, 0.1) is 92.5 Å². The first-order valence-electron chi connectivity index (χ1n) is 31.2. The van der Waals surface area contributed by atoms with Crippen molar-refractivity contribution < 1.29 is 102 Å². The maximum absolute atomic E-state index is 11.4. The number of aromatic nitrogens is 3. The van der Waals surface area contributed by atoms with E-state index in [-0.39, 0.29) is 133 Å². The standard InChI is InChI=1S/C42H52O12.C33H39N3O9/c1-47-17-29-9-25(10-30(18-48-2)39(29)43)37(26-11-31(19-49-3)40(44)32(12-26)20-50-4)38(27-13-33(21-51-5)41(45)34(14-27)22-52-6)28-15-35(23-53-7)42(46)36(16-28)24-54-8;1-40-13-22-7-19(8-23(14-41-2)28(22)37)31-34-32(20-9-24(15-42-3)29(38)25(10-20)16-43-4)36-33(35-31)21-11-26(17-44-5)30(39)27(12-21)18-45-6/h9-16,43-46H,17-24H2,1-8H3;7-12,37-39H,13-18H2,1-6H3. The van der Waals surface area contributed by atoms with Gasteiger partial charge in [0.1, 0.15) is 40.2 Å². The summed E-state index contributed by atoms with van der Waals surface area (Å²) in [6.45, 7) is 1.71. The molecule has 8 aromatic rings. The number of ether oxygens (including phenoxy) is 14. The number of aromatic hydroxyl groups is 7. The second-order valence-electron chi connectivity index (χ2n) is 23.1. The normalized spacial score (nSPS) is 11.3. The summed E-state index contributed by atoms with van der Waals surface area (Å²) in [6, 6.07) is 25.4. The molecular formula is C75H91N3O21. The van der Waals surface area contributed by atoms with Crippen LogP contribution in [0.25, 0.3) is 45.3 Å². The highest BCUT2D eigenvalue weighted by molar-refractivity contribution is 6.05. The van der Waals surface area contributed by atoms with Gasteiger partial charge in [0, 0.05) is 194 Å². The molecule has 8 rings (SSSR count). The van der Waals surface area contributed by atoms with Crippen LogP contribution in [0.15, 0.2) is 84.9 Å². The lowest BCUT2D eigenvalue weighted by Crippen LogP contribution is -2.06. The van der Waals surface area contributed by atoms with Gasteiger partial charge in [0.15, 0.2) is 17.5 Å². The summed E-state index contributed by atoms with van der Waals surface area (Å²) < 4.78 is 76.3. The molecule has 0 saturated carbocycles. The molecule has 7 aromatic carbocycles. The average molecular weight is 1370 g/mol. The van der Waals surface area contributed by atoms with Crippen LogP contribution in [0.3, 0.4) is 0 Å². The molecule has 0 aliphatic heterocycles. The first-order chi connectivity index (χ1) is 47.9. The zero-order valence-electron chi connectivity index (χ0n) is 58.7. The summed E-state index contributed by atoms with van der Waals surface area (Å²) in [4.78, 5) is 14.6. The number of hydrogen-bond donors (Lipinski definition) is 7. The lowest BCUT2D eigenvalue weighted by atomic mass is 9.82. The molecule has 0 fully saturated rings. The minimum absolute atomic E-state index is 0.0398. The second-order valence-corrected chi connectivity index (χ2v) is 23.1. The molecule has 0 bridgehead atoms. The molecule has 24 nitrogen and oxygen atoms in total. The van der Waals surface area contributed by atoms with E-state index in [0.29, 0.717) is 145 Å². The van der Waals surface area contributed by atoms with Crippen LogP contribution in [0.4, 0.5) is 0 Å². The van der Waals surface area contributed by atoms with Gasteiger partial charge in [-0.1, -0.05) is 0 Å². The lowest BCUT2D eigenvalue weighted by Gasteiger charge is -2.24. The molecule has 7 N–H and O–H groups in total. The highest BCUT2D eigenvalue weighted by Crippen LogP contribution is 2.46. The molecule has 24 heteroatoms. The molecule has 0 unspecified atom stereocenters. The zero-order valence-corrected chi connectivity index (χ0v) is 58.7. The maximum Gasteiger partial charge on any atom is 0.164 e. The first kappa shape index (κ1) is 77.7. The number of rotatable bonds is 35. The predicted molar refractivity (Wildman–Crippen MR) is 369 cm³/mol. The van der Waals surface area contributed by atoms with E-state index in [9.17, 15) is 35.7 Å². The Kier molecular flexibility index (Phi) is 29.9. The van der Waals surface area contributed by atoms with Gasteiger partial charge in [-0.3, -0.25) is 0 Å². The smallest absolute Gasteiger partial charge is 0.164 e. The molecular weight excluding hydrogens is 1280 g/mol. The predicted octanol–water partition coefficient (Wildman–Crippen LogP) is 11.6. The topological polar surface area (TPSA) is 310 Å². The fourth-order valence-corrected chi connectivity index (χ4v) is 11.7. The SMILES string of the molecule is COCc1cc(-c2nc(-c3cc(COC)c(O)c(COC)c3)nc(-c3cc(COC)c(O)c(COC)c3)n2)cc(COC)c1O.COCc1cc(C(=C(c2cc(COC)c(O)c(COC)c2)c2cc(COC)c(O)c(COC)c2)c2cc(COC)c(O)c(COC)c2)cc(COC)c1O. The Hall–Kier alpha value is -8.67. The van der Waals surface area contributed by atoms with Gasteiger partial charge in [-0.2, -0.15) is 0 Å². The van der Waals surface area contributed by atoms with E-state index in [0.717, 1.165) is 0 Å². The number of methoxy groups -OCH3 is 14. The Morgan fingerprint density at radius 2 is 0.313 bits per heavy atom. The third-order valence-corrected chi connectivity index (χ3v) is 15.9. The van der Waals surface area contributed by atoms with Crippen molar-refractivity contribution >= 4 is 11.1 Å². The van der Waals surface area contributed by atoms with E-state index >= 15 is 0 Å². The van der Waals surface area contributed by atoms with Crippen molar-refractivity contribution in [1.29, 1.82) is 0 Å². The number of phenols is 7. The van der Waals surface area contributed by atoms with Crippen LogP contribution in [0, 0.1) is 0 Å². The first-order valence-corrected chi connectivity index (χ1v) is 31.2. The van der Waals surface area contributed by atoms with Gasteiger partial charge in [0.25, 0.3) is 0 Å². The highest BCUT2D eigenvalue weighted by atomic mass is 16.5. The quantitative estimate of drug-likeness (QED) is 0.0182. The summed E-state index contributed by atoms with van der Waals surface area (Å²) in [5.74, 6) is 1.30. The van der Waals surface area contributed by atoms with Crippen LogP contribution < -0.4 is 0 Å². The van der Waals surface area contributed by atoms with Crippen molar-refractivity contribution in [3.63, 3.8) is 0 Å². The number of hydrogen-bond acceptors (Lipinski definition) is 24. The van der Waals surface area contributed by atoms with Gasteiger partial charge in [0.2, 0.25) is 0 Å². The van der Waals surface area contributed by atoms with Crippen molar-refractivity contribution in [3.05, 3.63) is 185 Å². The molecule has 0 spiro atoms. The van der Waals surface area contributed by atoms with E-state index in [1.54, 1.807) is 136 Å². The van der Waals surface area contributed by atoms with Crippen molar-refractivity contribution in [1.82, 2.24) is 15.0 Å². The molecule has 0 aliphatic carbocycles. The Morgan fingerprint density at radius 1 is 0.202 bits per heavy atom. The summed E-state index contributed by atoms with van der Waals surface area (Å²) in [5, 5.41) is 78.0. The summed E-state index contributed by atoms with van der Waals surface area (Å²) in [7, 11) is 21.7. The third-order valence-electron chi connectivity index (χ3n) is 15.9. The Labute approximate surface area is 577 Å². The Balaban J connectivity index is 0.000000283. The number of nitrogens with zero attached hydrogens (tertiary/aromatic N) is 3. The fraction of sp³-hybridized carbons (Fsp3) is 0.373. The van der Waals surface area contributed by atoms with Crippen molar-refractivity contribution in [3.8, 4) is 74.4 Å². The Morgan fingerprint density at radius 3 is 0.424 bits per heavy atom. The molecule has 0 radical (unpaired) electrons. The van der Waals surface area contributed by atoms with E-state index in [4.69, 9.17) is 81.3 Å². The van der Waals surface area contributed by atoms with Gasteiger partial charge in [-0.15, -0.1) is 0 Å². The van der Waals surface area contributed by atoms with Crippen molar-refractivity contribution in [2.45, 2.75) is 92.5 Å². The van der Waals surface area contributed by atoms with Gasteiger partial charge < -0.3 is 102 Å². The van der Waals surface area contributed by atoms with Crippen LogP contribution in [0.1, 0.15) is 100 Å². The molecule has 532 valence electrons. The van der Waals surface area contributed by atoms with Crippen LogP contribution >= 0.6 is 0 Å². The van der Waals surface area contributed by atoms with E-state index in [2.05, 4.69) is 0 Å². The van der Waals surface area contributed by atoms with E-state index < -0.39 is 0 Å². The van der Waals surface area contributed by atoms with Gasteiger partial charge >= 0.3 is 0 Å². The molecule has 1 aromatic heterocycles. The minimum Gasteiger partial charge on any atom is -0.507 e. The molecule has 0 saturated heterocycles. The van der Waals surface area contributed by atoms with Crippen LogP contribution in [0.5, 0.6) is 40.2 Å². The monoisotopic (exact) mass is 1370 g/mol. The fourth-order valence-electron chi connectivity index (χ4n) is 11.7. The van der Waals surface area contributed by atoms with Crippen molar-refractivity contribution in [2.75, 3.05) is 99.5 Å². The third kappa shape index (κ3) is 19.0. The maximum atomic E-state index is 11.4. The van der Waals surface area contributed by atoms with E-state index in [1.165, 1.54) is 0 Å². The number of benzene rings is 7. The molecule has 0 aliphatic rings. The van der Waals surface area contributed by atoms with Gasteiger partial charge in [-0.25, -0.2) is 15.0 Å². The van der Waals surface area contributed by atoms with E-state index in [1.807, 2.05) is 48.5 Å². The molecule has 99 heavy (non-hydrogen) atoms. The molecule has 1 heterocycles. The minimum atomic E-state index is 0.0398. The highest BCUT2D eigenvalue weighted by Gasteiger charge is 2.27. The molecule has 0 atom stereocenters. The lowest BCUT2D eigenvalue weighted by molar-refractivity contribution is 0.174. The zero-order chi connectivity index (χ0) is 71.9. The van der Waals surface area contributed by atoms with Crippen LogP contribution in [-0.2, 0) is 159 Å². The average Bonchev–Trinajstić information content (AvgIpc) is 0.754. The van der Waals surface area contributed by atoms with Crippen LogP contribution in [0.2, 0.25) is 0 Å². The number of phenolic OH excluding ortho intramolecular Hbond substituents is 7. The summed E-state index contributed by atoms with van der Waals surface area (Å²) >= 11 is 0. The van der Waals surface area contributed by atoms with Gasteiger partial charge in [-0.05, 0) is 118 Å². The second kappa shape index (κ2) is 38.1. The molecule has 0 amide bonds. The largest absolute Gasteiger partial charge is 0.507 e. The Bertz CT molecular complexity index is 3400.